The normalized spacial score (nSPS) is 32.1. The smallest absolute Gasteiger partial charge is 0.332 e. The summed E-state index contributed by atoms with van der Waals surface area (Å²) in [6.07, 6.45) is -0.580. The van der Waals surface area contributed by atoms with Crippen molar-refractivity contribution in [3.8, 4) is 0 Å². The number of nitrogens with zero attached hydrogens (tertiary/aromatic N) is 1. The average molecular weight is 305 g/mol. The van der Waals surface area contributed by atoms with E-state index in [4.69, 9.17) is 9.84 Å². The van der Waals surface area contributed by atoms with E-state index in [0.717, 1.165) is 0 Å². The fourth-order valence-electron chi connectivity index (χ4n) is 2.80. The van der Waals surface area contributed by atoms with Crippen LogP contribution in [-0.4, -0.2) is 66.6 Å². The van der Waals surface area contributed by atoms with Gasteiger partial charge in [0.05, 0.1) is 11.5 Å². The molecule has 2 aliphatic rings. The van der Waals surface area contributed by atoms with Gasteiger partial charge in [-0.2, -0.15) is 0 Å². The molecule has 0 radical (unpaired) electrons. The number of ether oxygens (including phenoxy) is 1. The summed E-state index contributed by atoms with van der Waals surface area (Å²) in [5.74, 6) is -1.27. The zero-order valence-electron chi connectivity index (χ0n) is 11.3. The SMILES string of the molecule is CCN(C(=O)C1CCC(C(=O)O)O1)C1CCS(=O)(=O)C1. The van der Waals surface area contributed by atoms with Crippen molar-refractivity contribution in [3.05, 3.63) is 0 Å². The van der Waals surface area contributed by atoms with Gasteiger partial charge in [0.2, 0.25) is 0 Å². The zero-order valence-corrected chi connectivity index (χ0v) is 12.1. The Morgan fingerprint density at radius 2 is 1.90 bits per heavy atom. The molecule has 2 heterocycles. The number of amides is 1. The van der Waals surface area contributed by atoms with E-state index in [9.17, 15) is 18.0 Å². The van der Waals surface area contributed by atoms with Crippen LogP contribution in [0.4, 0.5) is 0 Å². The van der Waals surface area contributed by atoms with Gasteiger partial charge in [0, 0.05) is 12.6 Å². The van der Waals surface area contributed by atoms with Gasteiger partial charge >= 0.3 is 5.97 Å². The highest BCUT2D eigenvalue weighted by Crippen LogP contribution is 2.25. The van der Waals surface area contributed by atoms with Gasteiger partial charge < -0.3 is 14.7 Å². The fourth-order valence-corrected chi connectivity index (χ4v) is 4.53. The van der Waals surface area contributed by atoms with Crippen molar-refractivity contribution in [2.45, 2.75) is 44.4 Å². The predicted octanol–water partition coefficient (Wildman–Crippen LogP) is -0.346. The first-order valence-corrected chi connectivity index (χ1v) is 8.55. The molecule has 2 rings (SSSR count). The fraction of sp³-hybridized carbons (Fsp3) is 0.833. The molecule has 1 amide bonds. The summed E-state index contributed by atoms with van der Waals surface area (Å²) in [6.45, 7) is 2.18. The largest absolute Gasteiger partial charge is 0.479 e. The van der Waals surface area contributed by atoms with Crippen LogP contribution in [0.15, 0.2) is 0 Å². The summed E-state index contributed by atoms with van der Waals surface area (Å²) in [4.78, 5) is 24.7. The first kappa shape index (κ1) is 15.2. The Morgan fingerprint density at radius 1 is 1.25 bits per heavy atom. The van der Waals surface area contributed by atoms with Crippen LogP contribution in [0.25, 0.3) is 0 Å². The highest BCUT2D eigenvalue weighted by Gasteiger charge is 2.40. The quantitative estimate of drug-likeness (QED) is 0.762. The van der Waals surface area contributed by atoms with Gasteiger partial charge in [-0.05, 0) is 26.2 Å². The van der Waals surface area contributed by atoms with Gasteiger partial charge in [-0.15, -0.1) is 0 Å². The van der Waals surface area contributed by atoms with Crippen LogP contribution in [0.2, 0.25) is 0 Å². The number of carboxylic acid groups (broad SMARTS) is 1. The Labute approximate surface area is 117 Å². The maximum absolute atomic E-state index is 12.4. The second kappa shape index (κ2) is 5.69. The molecule has 3 atom stereocenters. The number of hydrogen-bond acceptors (Lipinski definition) is 5. The van der Waals surface area contributed by atoms with Crippen molar-refractivity contribution >= 4 is 21.7 Å². The molecule has 2 fully saturated rings. The molecule has 2 saturated heterocycles. The molecule has 0 saturated carbocycles. The molecule has 2 aliphatic heterocycles. The van der Waals surface area contributed by atoms with Gasteiger partial charge in [-0.1, -0.05) is 0 Å². The monoisotopic (exact) mass is 305 g/mol. The second-order valence-corrected chi connectivity index (χ2v) is 7.44. The third kappa shape index (κ3) is 3.12. The molecule has 0 spiro atoms. The van der Waals surface area contributed by atoms with Crippen molar-refractivity contribution in [2.75, 3.05) is 18.1 Å². The highest BCUT2D eigenvalue weighted by atomic mass is 32.2. The third-order valence-electron chi connectivity index (χ3n) is 3.84. The van der Waals surface area contributed by atoms with Crippen molar-refractivity contribution < 1.29 is 27.9 Å². The summed E-state index contributed by atoms with van der Waals surface area (Å²) in [5.41, 5.74) is 0. The first-order valence-electron chi connectivity index (χ1n) is 6.73. The molecule has 0 bridgehead atoms. The summed E-state index contributed by atoms with van der Waals surface area (Å²) >= 11 is 0. The van der Waals surface area contributed by atoms with E-state index in [-0.39, 0.29) is 23.5 Å². The number of carboxylic acids is 1. The Balaban J connectivity index is 2.02. The van der Waals surface area contributed by atoms with Gasteiger partial charge in [0.25, 0.3) is 5.91 Å². The summed E-state index contributed by atoms with van der Waals surface area (Å²) < 4.78 is 28.2. The number of rotatable bonds is 4. The molecule has 114 valence electrons. The number of carbonyl (C=O) groups excluding carboxylic acids is 1. The maximum atomic E-state index is 12.4. The van der Waals surface area contributed by atoms with Gasteiger partial charge in [-0.25, -0.2) is 13.2 Å². The molecule has 0 aliphatic carbocycles. The minimum absolute atomic E-state index is 0.0122. The van der Waals surface area contributed by atoms with Gasteiger partial charge in [-0.3, -0.25) is 4.79 Å². The Hall–Kier alpha value is -1.15. The van der Waals surface area contributed by atoms with E-state index >= 15 is 0 Å². The molecule has 8 heteroatoms. The lowest BCUT2D eigenvalue weighted by atomic mass is 10.1. The molecular weight excluding hydrogens is 286 g/mol. The highest BCUT2D eigenvalue weighted by molar-refractivity contribution is 7.91. The van der Waals surface area contributed by atoms with Crippen molar-refractivity contribution in [3.63, 3.8) is 0 Å². The van der Waals surface area contributed by atoms with Crippen LogP contribution in [0.5, 0.6) is 0 Å². The summed E-state index contributed by atoms with van der Waals surface area (Å²) in [6, 6.07) is -0.315. The molecule has 7 nitrogen and oxygen atoms in total. The standard InChI is InChI=1S/C12H19NO6S/c1-2-13(8-5-6-20(17,18)7-8)11(14)9-3-4-10(19-9)12(15)16/h8-10H,2-7H2,1H3,(H,15,16). The first-order chi connectivity index (χ1) is 9.34. The van der Waals surface area contributed by atoms with E-state index in [1.165, 1.54) is 4.90 Å². The lowest BCUT2D eigenvalue weighted by molar-refractivity contribution is -0.155. The average Bonchev–Trinajstić information content (AvgIpc) is 2.97. The van der Waals surface area contributed by atoms with E-state index < -0.39 is 28.0 Å². The minimum Gasteiger partial charge on any atom is -0.479 e. The molecule has 20 heavy (non-hydrogen) atoms. The molecule has 3 unspecified atom stereocenters. The number of likely N-dealkylation sites (N-methyl/N-ethyl adjacent to an activating group) is 1. The van der Waals surface area contributed by atoms with Gasteiger partial charge in [0.15, 0.2) is 15.9 Å². The lowest BCUT2D eigenvalue weighted by Crippen LogP contribution is -2.46. The minimum atomic E-state index is -3.06. The molecular formula is C12H19NO6S. The third-order valence-corrected chi connectivity index (χ3v) is 5.59. The predicted molar refractivity (Wildman–Crippen MR) is 70.0 cm³/mol. The van der Waals surface area contributed by atoms with Crippen molar-refractivity contribution in [1.82, 2.24) is 4.90 Å². The van der Waals surface area contributed by atoms with Crippen LogP contribution < -0.4 is 0 Å². The van der Waals surface area contributed by atoms with Crippen LogP contribution in [-0.2, 0) is 24.2 Å². The number of sulfone groups is 1. The van der Waals surface area contributed by atoms with Crippen LogP contribution in [0, 0.1) is 0 Å². The summed E-state index contributed by atoms with van der Waals surface area (Å²) in [5, 5.41) is 8.86. The Morgan fingerprint density at radius 3 is 2.35 bits per heavy atom. The van der Waals surface area contributed by atoms with E-state index in [1.54, 1.807) is 6.92 Å². The summed E-state index contributed by atoms with van der Waals surface area (Å²) in [7, 11) is -3.06. The van der Waals surface area contributed by atoms with Crippen molar-refractivity contribution in [1.29, 1.82) is 0 Å². The number of hydrogen-bond donors (Lipinski definition) is 1. The van der Waals surface area contributed by atoms with E-state index in [0.29, 0.717) is 25.8 Å². The second-order valence-electron chi connectivity index (χ2n) is 5.21. The zero-order chi connectivity index (χ0) is 14.9. The molecule has 1 N–H and O–H groups in total. The molecule has 0 aromatic heterocycles. The van der Waals surface area contributed by atoms with Crippen LogP contribution in [0.1, 0.15) is 26.2 Å². The Kier molecular flexibility index (Phi) is 4.33. The van der Waals surface area contributed by atoms with Crippen molar-refractivity contribution in [2.24, 2.45) is 0 Å². The topological polar surface area (TPSA) is 101 Å². The molecule has 0 aromatic rings. The number of aliphatic carboxylic acids is 1. The number of carbonyl (C=O) groups is 2. The lowest BCUT2D eigenvalue weighted by Gasteiger charge is -2.29. The maximum Gasteiger partial charge on any atom is 0.332 e. The van der Waals surface area contributed by atoms with Gasteiger partial charge in [0.1, 0.15) is 6.10 Å². The van der Waals surface area contributed by atoms with E-state index in [1.807, 2.05) is 0 Å². The molecule has 0 aromatic carbocycles. The van der Waals surface area contributed by atoms with E-state index in [2.05, 4.69) is 0 Å². The van der Waals surface area contributed by atoms with Crippen LogP contribution in [0.3, 0.4) is 0 Å². The van der Waals surface area contributed by atoms with Crippen LogP contribution >= 0.6 is 0 Å². The Bertz CT molecular complexity index is 502.